The van der Waals surface area contributed by atoms with Gasteiger partial charge in [0.25, 0.3) is 0 Å². The molecular weight excluding hydrogens is 929 g/mol. The minimum absolute atomic E-state index is 0.000793. The Morgan fingerprint density at radius 2 is 0.943 bits per heavy atom. The number of amides is 11. The number of primary amides is 2. The molecule has 0 aliphatic heterocycles. The second-order valence-corrected chi connectivity index (χ2v) is 17.7. The quantitative estimate of drug-likeness (QED) is 0.0290. The first-order chi connectivity index (χ1) is 32.4. The van der Waals surface area contributed by atoms with Crippen LogP contribution in [0.25, 0.3) is 0 Å². The Balaban J connectivity index is 6.23. The predicted octanol–water partition coefficient (Wildman–Crippen LogP) is -6.94. The van der Waals surface area contributed by atoms with Crippen molar-refractivity contribution in [3.05, 3.63) is 0 Å². The number of hydrogen-bond acceptors (Lipinski definition) is 16. The number of aliphatic hydroxyl groups is 3. The molecule has 0 spiro atoms. The summed E-state index contributed by atoms with van der Waals surface area (Å²) in [5.74, 6) is -13.4. The molecule has 0 fully saturated rings. The molecule has 0 aromatic heterocycles. The zero-order valence-electron chi connectivity index (χ0n) is 40.8. The molecule has 398 valence electrons. The van der Waals surface area contributed by atoms with Crippen molar-refractivity contribution in [3.8, 4) is 0 Å². The molecule has 0 saturated heterocycles. The third-order valence-corrected chi connectivity index (χ3v) is 10.3. The Morgan fingerprint density at radius 3 is 1.41 bits per heavy atom. The lowest BCUT2D eigenvalue weighted by atomic mass is 9.97. The van der Waals surface area contributed by atoms with Gasteiger partial charge in [-0.1, -0.05) is 48.0 Å². The molecule has 11 amide bonds. The molecule has 0 saturated carbocycles. The molecule has 0 rings (SSSR count). The largest absolute Gasteiger partial charge is 0.480 e. The van der Waals surface area contributed by atoms with Crippen molar-refractivity contribution in [2.75, 3.05) is 19.7 Å². The number of aliphatic carboxylic acids is 1. The van der Waals surface area contributed by atoms with Crippen LogP contribution >= 0.6 is 0 Å². The van der Waals surface area contributed by atoms with Gasteiger partial charge in [0, 0.05) is 6.42 Å². The summed E-state index contributed by atoms with van der Waals surface area (Å²) in [6, 6.07) is -12.4. The Morgan fingerprint density at radius 1 is 0.500 bits per heavy atom. The molecule has 0 aliphatic rings. The molecule has 0 aromatic carbocycles. The standard InChI is InChI=1S/C42H74N12O16/c1-9-20(6)32(52-31(61)16-47-39(66)33(21(7)56)54-41(68)34(22(8)57)53-35(62)23(43)17-55)40(67)51-26(14-29(45)59)38(65)49-24(10-11-28(44)58)37(64)50-25(12-18(2)3)36(63)46-15-30(60)48-27(42(69)70)13-19(4)5/h18-27,32-34,55-57H,9-17,43H2,1-8H3,(H2,44,58)(H2,45,59)(H,46,63)(H,47,66)(H,48,60)(H,49,65)(H,50,64)(H,51,67)(H,52,61)(H,53,62)(H,54,68)(H,69,70)/t20-,21+,22+,23-,24-,25-,26-,27-,32-,33-,34-/m0/s1. The third-order valence-electron chi connectivity index (χ3n) is 10.3. The fourth-order valence-corrected chi connectivity index (χ4v) is 6.30. The molecule has 19 N–H and O–H groups in total. The van der Waals surface area contributed by atoms with Crippen molar-refractivity contribution in [1.29, 1.82) is 0 Å². The molecule has 0 heterocycles. The molecule has 0 aliphatic carbocycles. The van der Waals surface area contributed by atoms with Crippen molar-refractivity contribution in [1.82, 2.24) is 47.9 Å². The number of carboxylic acid groups (broad SMARTS) is 1. The van der Waals surface area contributed by atoms with E-state index >= 15 is 0 Å². The highest BCUT2D eigenvalue weighted by atomic mass is 16.4. The molecule has 28 nitrogen and oxygen atoms in total. The van der Waals surface area contributed by atoms with Crippen molar-refractivity contribution >= 4 is 70.9 Å². The van der Waals surface area contributed by atoms with Crippen LogP contribution in [0.1, 0.15) is 93.9 Å². The molecule has 28 heteroatoms. The summed E-state index contributed by atoms with van der Waals surface area (Å²) in [5.41, 5.74) is 16.2. The van der Waals surface area contributed by atoms with Crippen LogP contribution in [0, 0.1) is 17.8 Å². The van der Waals surface area contributed by atoms with Crippen molar-refractivity contribution in [3.63, 3.8) is 0 Å². The number of carboxylic acids is 1. The minimum atomic E-state index is -1.80. The summed E-state index contributed by atoms with van der Waals surface area (Å²) in [4.78, 5) is 154. The lowest BCUT2D eigenvalue weighted by molar-refractivity contribution is -0.142. The van der Waals surface area contributed by atoms with E-state index in [4.69, 9.17) is 22.3 Å². The fourth-order valence-electron chi connectivity index (χ4n) is 6.30. The highest BCUT2D eigenvalue weighted by Gasteiger charge is 2.36. The van der Waals surface area contributed by atoms with Gasteiger partial charge in [-0.25, -0.2) is 4.79 Å². The summed E-state index contributed by atoms with van der Waals surface area (Å²) in [5, 5.41) is 59.5. The summed E-state index contributed by atoms with van der Waals surface area (Å²) in [7, 11) is 0. The van der Waals surface area contributed by atoms with Gasteiger partial charge in [-0.05, 0) is 50.9 Å². The van der Waals surface area contributed by atoms with Gasteiger partial charge >= 0.3 is 5.97 Å². The molecule has 0 radical (unpaired) electrons. The first-order valence-electron chi connectivity index (χ1n) is 22.6. The van der Waals surface area contributed by atoms with Crippen molar-refractivity contribution < 1.29 is 78.0 Å². The number of aliphatic hydroxyl groups excluding tert-OH is 3. The zero-order valence-corrected chi connectivity index (χ0v) is 40.8. The van der Waals surface area contributed by atoms with E-state index in [9.17, 15) is 72.9 Å². The van der Waals surface area contributed by atoms with Gasteiger partial charge in [0.1, 0.15) is 48.3 Å². The Hall–Kier alpha value is -6.52. The van der Waals surface area contributed by atoms with Crippen LogP contribution in [0.5, 0.6) is 0 Å². The van der Waals surface area contributed by atoms with Crippen LogP contribution in [0.15, 0.2) is 0 Å². The highest BCUT2D eigenvalue weighted by Crippen LogP contribution is 2.11. The molecule has 0 bridgehead atoms. The van der Waals surface area contributed by atoms with E-state index in [1.807, 2.05) is 0 Å². The lowest BCUT2D eigenvalue weighted by Gasteiger charge is -2.28. The minimum Gasteiger partial charge on any atom is -0.480 e. The maximum atomic E-state index is 13.8. The summed E-state index contributed by atoms with van der Waals surface area (Å²) in [6.45, 7) is 10.1. The predicted molar refractivity (Wildman–Crippen MR) is 246 cm³/mol. The molecule has 70 heavy (non-hydrogen) atoms. The van der Waals surface area contributed by atoms with E-state index < -0.39 is 176 Å². The number of nitrogens with one attached hydrogen (secondary N) is 9. The van der Waals surface area contributed by atoms with Crippen LogP contribution in [0.4, 0.5) is 0 Å². The van der Waals surface area contributed by atoms with E-state index in [0.29, 0.717) is 0 Å². The second-order valence-electron chi connectivity index (χ2n) is 17.7. The maximum Gasteiger partial charge on any atom is 0.326 e. The van der Waals surface area contributed by atoms with Crippen LogP contribution in [0.2, 0.25) is 0 Å². The molecule has 11 atom stereocenters. The topological polar surface area (TPSA) is 472 Å². The fraction of sp³-hybridized carbons (Fsp3) is 0.714. The zero-order chi connectivity index (χ0) is 54.2. The van der Waals surface area contributed by atoms with Crippen molar-refractivity contribution in [2.45, 2.75) is 154 Å². The maximum absolute atomic E-state index is 13.8. The van der Waals surface area contributed by atoms with E-state index in [1.165, 1.54) is 6.92 Å². The average Bonchev–Trinajstić information content (AvgIpc) is 3.26. The number of rotatable bonds is 33. The van der Waals surface area contributed by atoms with Gasteiger partial charge in [0.05, 0.1) is 38.3 Å². The van der Waals surface area contributed by atoms with Crippen LogP contribution < -0.4 is 65.1 Å². The van der Waals surface area contributed by atoms with Gasteiger partial charge in [-0.15, -0.1) is 0 Å². The molecular formula is C42H74N12O16. The first-order valence-corrected chi connectivity index (χ1v) is 22.6. The summed E-state index contributed by atoms with van der Waals surface area (Å²) in [6.07, 6.45) is -4.56. The van der Waals surface area contributed by atoms with E-state index in [-0.39, 0.29) is 31.1 Å². The van der Waals surface area contributed by atoms with Crippen LogP contribution in [-0.2, 0) is 57.5 Å². The van der Waals surface area contributed by atoms with Gasteiger partial charge in [0.15, 0.2) is 0 Å². The van der Waals surface area contributed by atoms with Gasteiger partial charge in [-0.3, -0.25) is 52.7 Å². The normalized spacial score (nSPS) is 15.9. The second kappa shape index (κ2) is 31.6. The van der Waals surface area contributed by atoms with Crippen LogP contribution in [-0.4, -0.2) is 172 Å². The number of carbonyl (C=O) groups is 12. The number of hydrogen-bond donors (Lipinski definition) is 16. The van der Waals surface area contributed by atoms with E-state index in [0.717, 1.165) is 13.8 Å². The Labute approximate surface area is 405 Å². The first kappa shape index (κ1) is 63.5. The summed E-state index contributed by atoms with van der Waals surface area (Å²) < 4.78 is 0. The monoisotopic (exact) mass is 1000 g/mol. The van der Waals surface area contributed by atoms with Crippen molar-refractivity contribution in [2.24, 2.45) is 35.0 Å². The molecule has 0 unspecified atom stereocenters. The van der Waals surface area contributed by atoms with E-state index in [2.05, 4.69) is 47.9 Å². The van der Waals surface area contributed by atoms with Gasteiger partial charge < -0.3 is 85.5 Å². The molecule has 0 aromatic rings. The highest BCUT2D eigenvalue weighted by molar-refractivity contribution is 5.99. The average molecular weight is 1000 g/mol. The number of carbonyl (C=O) groups excluding carboxylic acids is 11. The summed E-state index contributed by atoms with van der Waals surface area (Å²) >= 11 is 0. The van der Waals surface area contributed by atoms with Gasteiger partial charge in [0.2, 0.25) is 65.0 Å². The number of nitrogens with two attached hydrogens (primary N) is 3. The Bertz CT molecular complexity index is 1850. The lowest BCUT2D eigenvalue weighted by Crippen LogP contribution is -2.62. The SMILES string of the molecule is CC[C@H](C)[C@H](NC(=O)CNC(=O)[C@@H](NC(=O)[C@@H](NC(=O)[C@@H](N)CO)[C@@H](C)O)[C@@H](C)O)C(=O)N[C@@H](CC(N)=O)C(=O)N[C@@H](CCC(N)=O)C(=O)N[C@@H](CC(C)C)C(=O)NCC(=O)N[C@@H](CC(C)C)C(=O)O. The smallest absolute Gasteiger partial charge is 0.326 e. The Kier molecular flexibility index (Phi) is 28.6. The van der Waals surface area contributed by atoms with Gasteiger partial charge in [-0.2, -0.15) is 0 Å². The van der Waals surface area contributed by atoms with Crippen LogP contribution in [0.3, 0.4) is 0 Å². The van der Waals surface area contributed by atoms with E-state index in [1.54, 1.807) is 34.6 Å². The third kappa shape index (κ3) is 24.2.